The summed E-state index contributed by atoms with van der Waals surface area (Å²) in [6, 6.07) is 0. The van der Waals surface area contributed by atoms with Gasteiger partial charge in [-0.3, -0.25) is 9.89 Å². The summed E-state index contributed by atoms with van der Waals surface area (Å²) in [7, 11) is 0. The van der Waals surface area contributed by atoms with Gasteiger partial charge in [0, 0.05) is 6.61 Å². The number of carbonyl (C=O) groups is 1. The van der Waals surface area contributed by atoms with Gasteiger partial charge in [-0.2, -0.15) is 5.10 Å². The lowest BCUT2D eigenvalue weighted by molar-refractivity contribution is -0.124. The monoisotopic (exact) mass is 209 g/mol. The van der Waals surface area contributed by atoms with Crippen LogP contribution in [0.15, 0.2) is 0 Å². The molecule has 2 heterocycles. The second-order valence-corrected chi connectivity index (χ2v) is 3.80. The molecule has 1 fully saturated rings. The Morgan fingerprint density at radius 3 is 2.93 bits per heavy atom. The van der Waals surface area contributed by atoms with Crippen LogP contribution in [0, 0.1) is 13.8 Å². The van der Waals surface area contributed by atoms with E-state index >= 15 is 0 Å². The average molecular weight is 209 g/mol. The van der Waals surface area contributed by atoms with Crippen molar-refractivity contribution in [3.8, 4) is 0 Å². The predicted molar refractivity (Wildman–Crippen MR) is 55.7 cm³/mol. The van der Waals surface area contributed by atoms with E-state index in [2.05, 4.69) is 15.5 Å². The smallest absolute Gasteiger partial charge is 0.253 e. The van der Waals surface area contributed by atoms with Crippen LogP contribution < -0.4 is 5.32 Å². The molecule has 0 aliphatic carbocycles. The van der Waals surface area contributed by atoms with Crippen molar-refractivity contribution < 1.29 is 9.53 Å². The summed E-state index contributed by atoms with van der Waals surface area (Å²) in [5.41, 5.74) is 2.45. The van der Waals surface area contributed by atoms with Crippen molar-refractivity contribution in [3.05, 3.63) is 11.4 Å². The maximum Gasteiger partial charge on any atom is 0.253 e. The number of nitrogens with zero attached hydrogens (tertiary/aromatic N) is 1. The van der Waals surface area contributed by atoms with Crippen LogP contribution >= 0.6 is 0 Å². The Bertz CT molecular complexity index is 347. The Kier molecular flexibility index (Phi) is 2.73. The standard InChI is InChI=1S/C10H15N3O2/c1-6-9(7(2)13-12-6)11-10(14)8-4-3-5-15-8/h8H,3-5H2,1-2H3,(H,11,14)(H,12,13)/t8-/m0/s1. The Labute approximate surface area is 88.2 Å². The van der Waals surface area contributed by atoms with E-state index in [9.17, 15) is 4.79 Å². The topological polar surface area (TPSA) is 67.0 Å². The number of aryl methyl sites for hydroxylation is 2. The summed E-state index contributed by atoms with van der Waals surface area (Å²) in [6.45, 7) is 4.42. The minimum atomic E-state index is -0.293. The van der Waals surface area contributed by atoms with E-state index in [-0.39, 0.29) is 12.0 Å². The second kappa shape index (κ2) is 4.02. The van der Waals surface area contributed by atoms with Gasteiger partial charge < -0.3 is 10.1 Å². The maximum absolute atomic E-state index is 11.7. The van der Waals surface area contributed by atoms with Crippen molar-refractivity contribution in [2.75, 3.05) is 11.9 Å². The first-order valence-electron chi connectivity index (χ1n) is 5.12. The van der Waals surface area contributed by atoms with Crippen molar-refractivity contribution in [3.63, 3.8) is 0 Å². The van der Waals surface area contributed by atoms with Crippen LogP contribution in [-0.4, -0.2) is 28.8 Å². The van der Waals surface area contributed by atoms with Crippen molar-refractivity contribution in [2.24, 2.45) is 0 Å². The zero-order valence-electron chi connectivity index (χ0n) is 8.96. The third-order valence-corrected chi connectivity index (χ3v) is 2.60. The Hall–Kier alpha value is -1.36. The normalized spacial score (nSPS) is 20.5. The maximum atomic E-state index is 11.7. The molecule has 82 valence electrons. The molecule has 0 bridgehead atoms. The minimum absolute atomic E-state index is 0.0694. The molecule has 1 aliphatic rings. The third-order valence-electron chi connectivity index (χ3n) is 2.60. The third kappa shape index (κ3) is 2.02. The highest BCUT2D eigenvalue weighted by Crippen LogP contribution is 2.19. The molecule has 1 aromatic rings. The summed E-state index contributed by atoms with van der Waals surface area (Å²) < 4.78 is 5.30. The highest BCUT2D eigenvalue weighted by Gasteiger charge is 2.24. The molecule has 15 heavy (non-hydrogen) atoms. The predicted octanol–water partition coefficient (Wildman–Crippen LogP) is 1.14. The van der Waals surface area contributed by atoms with E-state index in [0.717, 1.165) is 29.9 Å². The fraction of sp³-hybridized carbons (Fsp3) is 0.600. The SMILES string of the molecule is Cc1n[nH]c(C)c1NC(=O)[C@@H]1CCCO1. The van der Waals surface area contributed by atoms with Crippen LogP contribution in [0.2, 0.25) is 0 Å². The van der Waals surface area contributed by atoms with E-state index in [1.807, 2.05) is 13.8 Å². The van der Waals surface area contributed by atoms with Gasteiger partial charge in [0.1, 0.15) is 6.10 Å². The zero-order chi connectivity index (χ0) is 10.8. The van der Waals surface area contributed by atoms with Gasteiger partial charge in [0.2, 0.25) is 0 Å². The van der Waals surface area contributed by atoms with E-state index in [1.165, 1.54) is 0 Å². The summed E-state index contributed by atoms with van der Waals surface area (Å²) >= 11 is 0. The number of aromatic amines is 1. The summed E-state index contributed by atoms with van der Waals surface area (Å²) in [4.78, 5) is 11.7. The number of ether oxygens (including phenoxy) is 1. The van der Waals surface area contributed by atoms with Gasteiger partial charge in [0.15, 0.2) is 0 Å². The van der Waals surface area contributed by atoms with Crippen LogP contribution in [0.1, 0.15) is 24.2 Å². The number of nitrogens with one attached hydrogen (secondary N) is 2. The second-order valence-electron chi connectivity index (χ2n) is 3.80. The van der Waals surface area contributed by atoms with Gasteiger partial charge in [-0.1, -0.05) is 0 Å². The molecular formula is C10H15N3O2. The number of rotatable bonds is 2. The number of H-pyrrole nitrogens is 1. The first-order chi connectivity index (χ1) is 7.18. The first-order valence-corrected chi connectivity index (χ1v) is 5.12. The van der Waals surface area contributed by atoms with Crippen LogP contribution in [0.5, 0.6) is 0 Å². The summed E-state index contributed by atoms with van der Waals surface area (Å²) in [5.74, 6) is -0.0694. The van der Waals surface area contributed by atoms with Crippen molar-refractivity contribution in [1.82, 2.24) is 10.2 Å². The number of amides is 1. The molecule has 1 aromatic heterocycles. The Balaban J connectivity index is 2.05. The molecule has 2 rings (SSSR count). The van der Waals surface area contributed by atoms with E-state index < -0.39 is 0 Å². The average Bonchev–Trinajstić information content (AvgIpc) is 2.82. The van der Waals surface area contributed by atoms with Crippen LogP contribution in [0.25, 0.3) is 0 Å². The largest absolute Gasteiger partial charge is 0.368 e. The molecule has 2 N–H and O–H groups in total. The molecule has 0 saturated carbocycles. The number of anilines is 1. The van der Waals surface area contributed by atoms with E-state index in [0.29, 0.717) is 6.61 Å². The number of hydrogen-bond donors (Lipinski definition) is 2. The number of hydrogen-bond acceptors (Lipinski definition) is 3. The summed E-state index contributed by atoms with van der Waals surface area (Å²) in [5, 5.41) is 9.69. The van der Waals surface area contributed by atoms with Gasteiger partial charge >= 0.3 is 0 Å². The molecule has 1 saturated heterocycles. The minimum Gasteiger partial charge on any atom is -0.368 e. The van der Waals surface area contributed by atoms with Crippen LogP contribution in [0.4, 0.5) is 5.69 Å². The van der Waals surface area contributed by atoms with Crippen LogP contribution in [-0.2, 0) is 9.53 Å². The van der Waals surface area contributed by atoms with Gasteiger partial charge in [0.25, 0.3) is 5.91 Å². The molecule has 5 heteroatoms. The highest BCUT2D eigenvalue weighted by atomic mass is 16.5. The Morgan fingerprint density at radius 1 is 1.60 bits per heavy atom. The van der Waals surface area contributed by atoms with Gasteiger partial charge in [-0.25, -0.2) is 0 Å². The molecule has 0 spiro atoms. The van der Waals surface area contributed by atoms with Gasteiger partial charge in [-0.05, 0) is 26.7 Å². The zero-order valence-corrected chi connectivity index (χ0v) is 8.96. The Morgan fingerprint density at radius 2 is 2.40 bits per heavy atom. The molecule has 5 nitrogen and oxygen atoms in total. The fourth-order valence-corrected chi connectivity index (χ4v) is 1.72. The summed E-state index contributed by atoms with van der Waals surface area (Å²) in [6.07, 6.45) is 1.47. The molecule has 0 aromatic carbocycles. The fourth-order valence-electron chi connectivity index (χ4n) is 1.72. The molecular weight excluding hydrogens is 194 g/mol. The van der Waals surface area contributed by atoms with E-state index in [4.69, 9.17) is 4.74 Å². The molecule has 1 aliphatic heterocycles. The van der Waals surface area contributed by atoms with Crippen molar-refractivity contribution >= 4 is 11.6 Å². The molecule has 1 atom stereocenters. The lowest BCUT2D eigenvalue weighted by Gasteiger charge is -2.10. The molecule has 0 unspecified atom stereocenters. The highest BCUT2D eigenvalue weighted by molar-refractivity contribution is 5.95. The lowest BCUT2D eigenvalue weighted by atomic mass is 10.2. The molecule has 0 radical (unpaired) electrons. The van der Waals surface area contributed by atoms with Crippen molar-refractivity contribution in [1.29, 1.82) is 0 Å². The van der Waals surface area contributed by atoms with Crippen molar-refractivity contribution in [2.45, 2.75) is 32.8 Å². The quantitative estimate of drug-likeness (QED) is 0.767. The first kappa shape index (κ1) is 10.2. The van der Waals surface area contributed by atoms with Gasteiger partial charge in [0.05, 0.1) is 17.1 Å². The van der Waals surface area contributed by atoms with Crippen LogP contribution in [0.3, 0.4) is 0 Å². The molecule has 1 amide bonds. The number of carbonyl (C=O) groups excluding carboxylic acids is 1. The van der Waals surface area contributed by atoms with Gasteiger partial charge in [-0.15, -0.1) is 0 Å². The number of aromatic nitrogens is 2. The van der Waals surface area contributed by atoms with E-state index in [1.54, 1.807) is 0 Å². The lowest BCUT2D eigenvalue weighted by Crippen LogP contribution is -2.27.